The Morgan fingerprint density at radius 3 is 1.56 bits per heavy atom. The fraction of sp³-hybridized carbons (Fsp3) is 0.0645. The van der Waals surface area contributed by atoms with Crippen LogP contribution in [0.25, 0.3) is 66.9 Å². The molecular weight excluding hydrogens is 562 g/mol. The molecule has 8 bridgehead atoms. The molecule has 0 saturated carbocycles. The summed E-state index contributed by atoms with van der Waals surface area (Å²) in [4.78, 5) is 44.0. The Morgan fingerprint density at radius 1 is 0.512 bits per heavy atom. The number of rotatable bonds is 0. The van der Waals surface area contributed by atoms with Gasteiger partial charge in [0.25, 0.3) is 0 Å². The topological polar surface area (TPSA) is 118 Å². The number of allylic oxidation sites excluding steroid dienone is 1. The van der Waals surface area contributed by atoms with E-state index in [1.807, 2.05) is 78.9 Å². The standard InChI is InChI=1S/C31H17N9.Cu/c1-2-9-17-16(8-1)24-33-25(17)35-27-20-12-5-6-13-21(20)29(37-27)39-31-23-22(14-7-15-32-23)30(40-31)38-28-19-11-4-3-10-18(19)26(34-24)36-28;/h1-15,22-23H;/q-2;+2. The van der Waals surface area contributed by atoms with Crippen LogP contribution >= 0.6 is 0 Å². The van der Waals surface area contributed by atoms with Gasteiger partial charge in [-0.3, -0.25) is 4.99 Å². The normalized spacial score (nSPS) is 16.9. The van der Waals surface area contributed by atoms with Crippen LogP contribution in [0.15, 0.2) is 89.9 Å². The maximum atomic E-state index is 4.97. The molecule has 0 fully saturated rings. The molecule has 9 rings (SSSR count). The van der Waals surface area contributed by atoms with Crippen LogP contribution in [-0.4, -0.2) is 36.1 Å². The molecule has 0 spiro atoms. The summed E-state index contributed by atoms with van der Waals surface area (Å²) in [6, 6.07) is 23.6. The zero-order valence-corrected chi connectivity index (χ0v) is 22.1. The first-order valence-electron chi connectivity index (χ1n) is 13.0. The quantitative estimate of drug-likeness (QED) is 0.224. The van der Waals surface area contributed by atoms with E-state index in [2.05, 4.69) is 6.08 Å². The molecule has 9 nitrogen and oxygen atoms in total. The summed E-state index contributed by atoms with van der Waals surface area (Å²) in [5.41, 5.74) is 3.99. The van der Waals surface area contributed by atoms with Crippen molar-refractivity contribution in [1.82, 2.24) is 39.9 Å². The van der Waals surface area contributed by atoms with Crippen LogP contribution in [-0.2, 0) is 17.1 Å². The van der Waals surface area contributed by atoms with Gasteiger partial charge in [-0.1, -0.05) is 78.9 Å². The summed E-state index contributed by atoms with van der Waals surface area (Å²) in [6.07, 6.45) is 5.77. The first-order chi connectivity index (χ1) is 19.8. The Balaban J connectivity index is 0.00000256. The zero-order valence-electron chi connectivity index (χ0n) is 21.1. The minimum atomic E-state index is -0.288. The second kappa shape index (κ2) is 8.99. The smallest absolute Gasteiger partial charge is 0.357 e. The largest absolute Gasteiger partial charge is 2.00 e. The molecule has 3 aromatic carbocycles. The van der Waals surface area contributed by atoms with E-state index < -0.39 is 0 Å². The molecule has 2 unspecified atom stereocenters. The summed E-state index contributed by atoms with van der Waals surface area (Å²) in [5.74, 6) is 2.12. The predicted molar refractivity (Wildman–Crippen MR) is 153 cm³/mol. The van der Waals surface area contributed by atoms with Gasteiger partial charge in [0.1, 0.15) is 6.04 Å². The van der Waals surface area contributed by atoms with Gasteiger partial charge in [0.15, 0.2) is 0 Å². The van der Waals surface area contributed by atoms with Crippen LogP contribution < -0.4 is 9.97 Å². The van der Waals surface area contributed by atoms with Crippen LogP contribution in [0.1, 0.15) is 23.6 Å². The SMILES string of the molecule is C1=CC2c3nc(nc4[n-]c(nc5nc(nc6[n-]c(n3)c3ccccc63)-c3ccccc3-5)c3ccccc43)C2N=C1.[Cu+2]. The molecule has 0 aliphatic carbocycles. The Labute approximate surface area is 243 Å². The van der Waals surface area contributed by atoms with Gasteiger partial charge in [0.05, 0.1) is 29.2 Å². The maximum absolute atomic E-state index is 4.97. The monoisotopic (exact) mass is 578 g/mol. The van der Waals surface area contributed by atoms with Gasteiger partial charge in [-0.15, -0.1) is 0 Å². The summed E-state index contributed by atoms with van der Waals surface area (Å²) < 4.78 is 0. The van der Waals surface area contributed by atoms with Crippen molar-refractivity contribution in [1.29, 1.82) is 0 Å². The second-order valence-electron chi connectivity index (χ2n) is 9.84. The third-order valence-corrected chi connectivity index (χ3v) is 7.51. The number of aromatic nitrogens is 8. The van der Waals surface area contributed by atoms with E-state index in [0.717, 1.165) is 32.7 Å². The first-order valence-corrected chi connectivity index (χ1v) is 13.0. The van der Waals surface area contributed by atoms with Crippen molar-refractivity contribution in [2.75, 3.05) is 0 Å². The van der Waals surface area contributed by atoms with Crippen LogP contribution in [0.2, 0.25) is 0 Å². The molecule has 0 N–H and O–H groups in total. The van der Waals surface area contributed by atoms with Crippen molar-refractivity contribution in [2.24, 2.45) is 4.99 Å². The van der Waals surface area contributed by atoms with E-state index in [-0.39, 0.29) is 29.0 Å². The van der Waals surface area contributed by atoms with Crippen LogP contribution in [0, 0.1) is 0 Å². The average Bonchev–Trinajstić information content (AvgIpc) is 3.73. The Hall–Kier alpha value is -5.05. The number of aliphatic imine (C=N–C) groups is 1. The molecule has 10 heteroatoms. The van der Waals surface area contributed by atoms with Crippen molar-refractivity contribution in [3.8, 4) is 22.8 Å². The molecule has 1 radical (unpaired) electrons. The second-order valence-corrected chi connectivity index (χ2v) is 9.84. The summed E-state index contributed by atoms with van der Waals surface area (Å²) >= 11 is 0. The number of fused-ring (bicyclic) bond motifs is 20. The summed E-state index contributed by atoms with van der Waals surface area (Å²) in [7, 11) is 0. The molecule has 0 saturated heterocycles. The predicted octanol–water partition coefficient (Wildman–Crippen LogP) is 5.26. The van der Waals surface area contributed by atoms with E-state index in [1.54, 1.807) is 6.21 Å². The van der Waals surface area contributed by atoms with Crippen molar-refractivity contribution >= 4 is 50.3 Å². The Morgan fingerprint density at radius 2 is 1.00 bits per heavy atom. The molecular formula is C31H17CuN9. The van der Waals surface area contributed by atoms with Gasteiger partial charge in [0, 0.05) is 39.9 Å². The number of hydrogen-bond donors (Lipinski definition) is 0. The molecule has 6 heterocycles. The van der Waals surface area contributed by atoms with Gasteiger partial charge in [0.2, 0.25) is 0 Å². The third-order valence-electron chi connectivity index (χ3n) is 7.51. The number of nitrogens with zero attached hydrogens (tertiary/aromatic N) is 9. The fourth-order valence-electron chi connectivity index (χ4n) is 5.62. The maximum Gasteiger partial charge on any atom is 2.00 e. The van der Waals surface area contributed by atoms with Crippen molar-refractivity contribution < 1.29 is 17.1 Å². The number of hydrogen-bond acceptors (Lipinski definition) is 7. The van der Waals surface area contributed by atoms with Gasteiger partial charge < -0.3 is 29.9 Å². The van der Waals surface area contributed by atoms with Crippen molar-refractivity contribution in [2.45, 2.75) is 12.0 Å². The first kappa shape index (κ1) is 23.8. The summed E-state index contributed by atoms with van der Waals surface area (Å²) in [5, 5.41) is 3.57. The van der Waals surface area contributed by atoms with Gasteiger partial charge >= 0.3 is 17.1 Å². The van der Waals surface area contributed by atoms with Crippen LogP contribution in [0.5, 0.6) is 0 Å². The van der Waals surface area contributed by atoms with Gasteiger partial charge in [-0.25, -0.2) is 9.97 Å². The summed E-state index contributed by atoms with van der Waals surface area (Å²) in [6.45, 7) is 0. The molecule has 3 aromatic heterocycles. The fourth-order valence-corrected chi connectivity index (χ4v) is 5.62. The molecule has 6 aromatic rings. The van der Waals surface area contributed by atoms with E-state index in [1.165, 1.54) is 0 Å². The molecule has 2 atom stereocenters. The van der Waals surface area contributed by atoms with Crippen molar-refractivity contribution in [3.63, 3.8) is 0 Å². The third kappa shape index (κ3) is 3.58. The molecule has 197 valence electrons. The van der Waals surface area contributed by atoms with Gasteiger partial charge in [-0.05, 0) is 27.6 Å². The van der Waals surface area contributed by atoms with E-state index in [9.17, 15) is 0 Å². The van der Waals surface area contributed by atoms with Gasteiger partial charge in [-0.2, -0.15) is 0 Å². The molecule has 3 aliphatic rings. The Bertz CT molecular complexity index is 2110. The minimum Gasteiger partial charge on any atom is -0.357 e. The van der Waals surface area contributed by atoms with E-state index >= 15 is 0 Å². The molecule has 3 aliphatic heterocycles. The van der Waals surface area contributed by atoms with Crippen molar-refractivity contribution in [3.05, 3.63) is 96.6 Å². The molecule has 41 heavy (non-hydrogen) atoms. The number of dihydropyridines is 1. The Kier molecular flexibility index (Phi) is 5.22. The van der Waals surface area contributed by atoms with E-state index in [4.69, 9.17) is 44.9 Å². The zero-order chi connectivity index (χ0) is 26.2. The number of benzene rings is 3. The minimum absolute atomic E-state index is 0. The molecule has 0 amide bonds. The average molecular weight is 579 g/mol. The van der Waals surface area contributed by atoms with Crippen LogP contribution in [0.4, 0.5) is 0 Å². The van der Waals surface area contributed by atoms with Crippen LogP contribution in [0.3, 0.4) is 0 Å². The van der Waals surface area contributed by atoms with E-state index in [0.29, 0.717) is 45.9 Å².